The second-order valence-corrected chi connectivity index (χ2v) is 14.7. The number of ether oxygens (including phenoxy) is 2. The Balaban J connectivity index is 1.32. The van der Waals surface area contributed by atoms with E-state index in [1.54, 1.807) is 22.8 Å². The van der Waals surface area contributed by atoms with Gasteiger partial charge < -0.3 is 34.3 Å². The van der Waals surface area contributed by atoms with E-state index in [1.807, 2.05) is 6.07 Å². The molecule has 4 aliphatic rings. The van der Waals surface area contributed by atoms with Gasteiger partial charge in [-0.15, -0.1) is 6.42 Å². The van der Waals surface area contributed by atoms with Crippen molar-refractivity contribution in [1.29, 1.82) is 0 Å². The third kappa shape index (κ3) is 5.46. The number of piperidine rings is 1. The minimum absolute atomic E-state index is 0.0195. The van der Waals surface area contributed by atoms with Crippen molar-refractivity contribution in [2.45, 2.75) is 32.2 Å². The lowest BCUT2D eigenvalue weighted by Crippen LogP contribution is -2.58. The number of benzene rings is 2. The van der Waals surface area contributed by atoms with Gasteiger partial charge in [0.1, 0.15) is 22.8 Å². The number of hydrogen-bond donors (Lipinski definition) is 2. The number of terminal acetylenes is 1. The molecule has 8 rings (SSSR count). The Bertz CT molecular complexity index is 2020. The summed E-state index contributed by atoms with van der Waals surface area (Å²) in [7, 11) is 4.13. The van der Waals surface area contributed by atoms with E-state index in [1.165, 1.54) is 6.07 Å². The van der Waals surface area contributed by atoms with Crippen LogP contribution < -0.4 is 20.5 Å². The molecule has 5 heterocycles. The Morgan fingerprint density at radius 3 is 2.52 bits per heavy atom. The van der Waals surface area contributed by atoms with Gasteiger partial charge in [-0.3, -0.25) is 4.79 Å². The Morgan fingerprint density at radius 1 is 1.12 bits per heavy atom. The highest BCUT2D eigenvalue weighted by Gasteiger charge is 2.44. The molecule has 3 aliphatic heterocycles. The number of rotatable bonds is 9. The zero-order valence-electron chi connectivity index (χ0n) is 27.5. The fraction of sp³-hybridized carbons (Fsp3) is 0.486. The van der Waals surface area contributed by atoms with Crippen LogP contribution in [0.3, 0.4) is 0 Å². The normalized spacial score (nSPS) is 19.8. The van der Waals surface area contributed by atoms with E-state index >= 15 is 4.39 Å². The van der Waals surface area contributed by atoms with E-state index in [0.717, 1.165) is 58.4 Å². The number of aromatic hydroxyl groups is 1. The molecule has 3 saturated heterocycles. The number of pyridine rings is 1. The second-order valence-electron chi connectivity index (χ2n) is 14.7. The summed E-state index contributed by atoms with van der Waals surface area (Å²) in [6.07, 6.45) is 10.0. The molecule has 2 aromatic carbocycles. The van der Waals surface area contributed by atoms with Gasteiger partial charge in [0.15, 0.2) is 0 Å². The minimum atomic E-state index is -0.546. The van der Waals surface area contributed by atoms with Crippen LogP contribution in [0.25, 0.3) is 32.9 Å². The summed E-state index contributed by atoms with van der Waals surface area (Å²) in [4.78, 5) is 29.0. The third-order valence-electron chi connectivity index (χ3n) is 10.8. The molecule has 0 radical (unpaired) electrons. The maximum Gasteiger partial charge on any atom is 0.318 e. The molecule has 4 aromatic rings. The van der Waals surface area contributed by atoms with Crippen molar-refractivity contribution in [3.63, 3.8) is 0 Å². The molecule has 48 heavy (non-hydrogen) atoms. The number of hydrogen-bond acceptors (Lipinski definition) is 9. The molecule has 4 fully saturated rings. The fourth-order valence-electron chi connectivity index (χ4n) is 7.76. The number of phenols is 1. The highest BCUT2D eigenvalue weighted by atomic mass is 19.1. The maximum absolute atomic E-state index is 15.1. The van der Waals surface area contributed by atoms with Crippen molar-refractivity contribution in [1.82, 2.24) is 24.8 Å². The molecule has 0 unspecified atom stereocenters. The van der Waals surface area contributed by atoms with E-state index in [2.05, 4.69) is 35.1 Å². The fourth-order valence-corrected chi connectivity index (χ4v) is 7.76. The molecule has 2 N–H and O–H groups in total. The average molecular weight is 653 g/mol. The van der Waals surface area contributed by atoms with Crippen molar-refractivity contribution in [2.75, 3.05) is 71.5 Å². The van der Waals surface area contributed by atoms with Crippen LogP contribution in [-0.2, 0) is 11.3 Å². The molecular formula is C37H41FN6O4. The van der Waals surface area contributed by atoms with Crippen LogP contribution in [0.4, 0.5) is 10.2 Å². The molecule has 0 atom stereocenters. The molecule has 1 spiro atoms. The van der Waals surface area contributed by atoms with E-state index in [4.69, 9.17) is 25.9 Å². The topological polar surface area (TPSA) is 105 Å². The van der Waals surface area contributed by atoms with Crippen LogP contribution in [0.1, 0.15) is 31.2 Å². The first-order chi connectivity index (χ1) is 23.2. The van der Waals surface area contributed by atoms with Gasteiger partial charge in [-0.1, -0.05) is 12.0 Å². The van der Waals surface area contributed by atoms with Crippen molar-refractivity contribution >= 4 is 27.5 Å². The summed E-state index contributed by atoms with van der Waals surface area (Å²) < 4.78 is 28.7. The van der Waals surface area contributed by atoms with Crippen LogP contribution in [0.5, 0.6) is 11.8 Å². The lowest BCUT2D eigenvalue weighted by Gasteiger charge is -2.48. The summed E-state index contributed by atoms with van der Waals surface area (Å²) >= 11 is 0. The van der Waals surface area contributed by atoms with Crippen molar-refractivity contribution < 1.29 is 19.0 Å². The van der Waals surface area contributed by atoms with Crippen LogP contribution in [0, 0.1) is 34.9 Å². The number of nitrogens with zero attached hydrogens (tertiary/aromatic N) is 5. The van der Waals surface area contributed by atoms with Crippen molar-refractivity contribution in [3.05, 3.63) is 52.1 Å². The van der Waals surface area contributed by atoms with Gasteiger partial charge in [-0.05, 0) is 74.8 Å². The summed E-state index contributed by atoms with van der Waals surface area (Å²) in [5.74, 6) is 2.64. The first-order valence-electron chi connectivity index (χ1n) is 16.9. The van der Waals surface area contributed by atoms with Gasteiger partial charge in [-0.25, -0.2) is 4.39 Å². The van der Waals surface area contributed by atoms with E-state index < -0.39 is 5.82 Å². The van der Waals surface area contributed by atoms with E-state index in [-0.39, 0.29) is 34.2 Å². The molecule has 11 heteroatoms. The number of nitrogens with one attached hydrogen (secondary N) is 1. The smallest absolute Gasteiger partial charge is 0.318 e. The van der Waals surface area contributed by atoms with Crippen LogP contribution in [-0.4, -0.2) is 91.2 Å². The SMILES string of the molecule is C#Cc1c(F)ccc2cc(O)cc(-c3cc4nc(OCC5(CN(C)C)CC5)nc(N5CCC6(CC5)CNC6)c4c(=O)n3CC3COC3)c12. The number of halogens is 1. The van der Waals surface area contributed by atoms with Gasteiger partial charge in [0.25, 0.3) is 5.56 Å². The first-order valence-corrected chi connectivity index (χ1v) is 16.9. The highest BCUT2D eigenvalue weighted by Crippen LogP contribution is 2.46. The van der Waals surface area contributed by atoms with Gasteiger partial charge >= 0.3 is 6.01 Å². The molecule has 0 bridgehead atoms. The average Bonchev–Trinajstić information content (AvgIpc) is 3.79. The van der Waals surface area contributed by atoms with E-state index in [0.29, 0.717) is 70.5 Å². The molecule has 0 amide bonds. The van der Waals surface area contributed by atoms with Crippen molar-refractivity contribution in [2.24, 2.45) is 16.7 Å². The number of aromatic nitrogens is 3. The zero-order valence-corrected chi connectivity index (χ0v) is 27.5. The predicted molar refractivity (Wildman–Crippen MR) is 183 cm³/mol. The molecule has 250 valence electrons. The van der Waals surface area contributed by atoms with Crippen LogP contribution in [0.2, 0.25) is 0 Å². The minimum Gasteiger partial charge on any atom is -0.508 e. The number of phenolic OH excluding ortho intramolecular Hbond substituents is 1. The van der Waals surface area contributed by atoms with Gasteiger partial charge in [0.2, 0.25) is 0 Å². The Hall–Kier alpha value is -4.24. The van der Waals surface area contributed by atoms with Crippen molar-refractivity contribution in [3.8, 4) is 35.4 Å². The van der Waals surface area contributed by atoms with Gasteiger partial charge in [-0.2, -0.15) is 9.97 Å². The molecular weight excluding hydrogens is 611 g/mol. The third-order valence-corrected chi connectivity index (χ3v) is 10.8. The van der Waals surface area contributed by atoms with E-state index in [9.17, 15) is 9.90 Å². The summed E-state index contributed by atoms with van der Waals surface area (Å²) in [5.41, 5.74) is 1.58. The summed E-state index contributed by atoms with van der Waals surface area (Å²) in [6, 6.07) is 8.07. The summed E-state index contributed by atoms with van der Waals surface area (Å²) in [5, 5.41) is 15.7. The lowest BCUT2D eigenvalue weighted by molar-refractivity contribution is -0.0395. The number of anilines is 1. The van der Waals surface area contributed by atoms with Crippen LogP contribution >= 0.6 is 0 Å². The largest absolute Gasteiger partial charge is 0.508 e. The quantitative estimate of drug-likeness (QED) is 0.260. The molecule has 1 aliphatic carbocycles. The van der Waals surface area contributed by atoms with Gasteiger partial charge in [0.05, 0.1) is 36.6 Å². The maximum atomic E-state index is 15.1. The Kier molecular flexibility index (Phi) is 7.58. The molecule has 2 aromatic heterocycles. The Labute approximate surface area is 278 Å². The second kappa shape index (κ2) is 11.7. The summed E-state index contributed by atoms with van der Waals surface area (Å²) in [6.45, 7) is 6.42. The molecule has 10 nitrogen and oxygen atoms in total. The Morgan fingerprint density at radius 2 is 1.90 bits per heavy atom. The zero-order chi connectivity index (χ0) is 33.2. The van der Waals surface area contributed by atoms with Gasteiger partial charge in [0, 0.05) is 61.6 Å². The first kappa shape index (κ1) is 31.1. The standard InChI is InChI=1S/C37H41FN6O4/c1-4-26-28(38)6-5-24-13-25(45)14-27(31(24)26)30-15-29-32(34(46)44(30)16-23-17-47-18-23)33(43-11-9-36(10-12-43)19-39-20-36)41-35(40-29)48-22-37(7-8-37)21-42(2)3/h1,5-6,13-15,23,39,45H,7-12,16-22H2,2-3H3. The highest BCUT2D eigenvalue weighted by molar-refractivity contribution is 6.03. The van der Waals surface area contributed by atoms with Crippen LogP contribution in [0.15, 0.2) is 35.1 Å². The monoisotopic (exact) mass is 652 g/mol. The molecule has 1 saturated carbocycles. The predicted octanol–water partition coefficient (Wildman–Crippen LogP) is 3.99. The number of fused-ring (bicyclic) bond motifs is 2. The lowest BCUT2D eigenvalue weighted by atomic mass is 9.73.